The van der Waals surface area contributed by atoms with Gasteiger partial charge in [-0.2, -0.15) is 18.2 Å². The van der Waals surface area contributed by atoms with Crippen LogP contribution in [0.5, 0.6) is 11.6 Å². The first-order chi connectivity index (χ1) is 10.3. The van der Waals surface area contributed by atoms with Crippen LogP contribution >= 0.6 is 11.6 Å². The van der Waals surface area contributed by atoms with Crippen molar-refractivity contribution < 1.29 is 27.1 Å². The zero-order chi connectivity index (χ0) is 16.3. The Labute approximate surface area is 126 Å². The Hall–Kier alpha value is -2.44. The normalized spacial score (nSPS) is 11.0. The van der Waals surface area contributed by atoms with Crippen LogP contribution in [0.4, 0.5) is 23.2 Å². The van der Waals surface area contributed by atoms with Crippen LogP contribution in [-0.4, -0.2) is 11.1 Å². The highest BCUT2D eigenvalue weighted by molar-refractivity contribution is 6.32. The van der Waals surface area contributed by atoms with Crippen LogP contribution in [0.2, 0.25) is 5.02 Å². The number of isocyanates is 1. The van der Waals surface area contributed by atoms with Gasteiger partial charge in [0, 0.05) is 18.3 Å². The summed E-state index contributed by atoms with van der Waals surface area (Å²) in [6.45, 7) is 0. The Balaban J connectivity index is 2.39. The van der Waals surface area contributed by atoms with E-state index in [2.05, 4.69) is 9.98 Å². The van der Waals surface area contributed by atoms with Crippen LogP contribution in [0.1, 0.15) is 5.56 Å². The Kier molecular flexibility index (Phi) is 4.44. The van der Waals surface area contributed by atoms with Gasteiger partial charge in [-0.1, -0.05) is 11.6 Å². The van der Waals surface area contributed by atoms with E-state index in [0.717, 1.165) is 30.5 Å². The number of ether oxygens (including phenoxy) is 1. The van der Waals surface area contributed by atoms with Crippen molar-refractivity contribution in [3.63, 3.8) is 0 Å². The van der Waals surface area contributed by atoms with E-state index >= 15 is 0 Å². The summed E-state index contributed by atoms with van der Waals surface area (Å²) in [5, 5.41) is -0.221. The maximum Gasteiger partial charge on any atom is 0.416 e. The first kappa shape index (κ1) is 15.9. The first-order valence-electron chi connectivity index (χ1n) is 5.59. The third kappa shape index (κ3) is 3.60. The van der Waals surface area contributed by atoms with Crippen LogP contribution in [-0.2, 0) is 11.0 Å². The minimum Gasteiger partial charge on any atom is -0.437 e. The molecule has 0 unspecified atom stereocenters. The molecule has 0 saturated carbocycles. The molecule has 1 aromatic heterocycles. The van der Waals surface area contributed by atoms with Gasteiger partial charge in [0.2, 0.25) is 12.0 Å². The number of alkyl halides is 3. The van der Waals surface area contributed by atoms with Gasteiger partial charge < -0.3 is 4.74 Å². The molecule has 0 amide bonds. The molecule has 0 bridgehead atoms. The van der Waals surface area contributed by atoms with E-state index in [1.54, 1.807) is 0 Å². The van der Waals surface area contributed by atoms with Gasteiger partial charge in [-0.05, 0) is 12.1 Å². The van der Waals surface area contributed by atoms with Crippen molar-refractivity contribution in [3.8, 4) is 11.6 Å². The van der Waals surface area contributed by atoms with Gasteiger partial charge in [0.05, 0.1) is 10.6 Å². The van der Waals surface area contributed by atoms with Crippen molar-refractivity contribution in [1.82, 2.24) is 4.98 Å². The maximum atomic E-state index is 13.4. The molecule has 22 heavy (non-hydrogen) atoms. The van der Waals surface area contributed by atoms with Crippen molar-refractivity contribution in [3.05, 3.63) is 46.9 Å². The number of benzene rings is 1. The van der Waals surface area contributed by atoms with E-state index in [4.69, 9.17) is 16.3 Å². The third-order valence-corrected chi connectivity index (χ3v) is 2.74. The van der Waals surface area contributed by atoms with Gasteiger partial charge in [-0.3, -0.25) is 0 Å². The largest absolute Gasteiger partial charge is 0.437 e. The fourth-order valence-electron chi connectivity index (χ4n) is 1.49. The first-order valence-corrected chi connectivity index (χ1v) is 5.97. The lowest BCUT2D eigenvalue weighted by atomic mass is 10.2. The van der Waals surface area contributed by atoms with Crippen molar-refractivity contribution >= 4 is 23.4 Å². The number of halogens is 5. The predicted molar refractivity (Wildman–Crippen MR) is 68.5 cm³/mol. The van der Waals surface area contributed by atoms with Crippen molar-refractivity contribution in [2.75, 3.05) is 0 Å². The number of pyridine rings is 1. The second-order valence-corrected chi connectivity index (χ2v) is 4.33. The summed E-state index contributed by atoms with van der Waals surface area (Å²) in [5.41, 5.74) is -1.39. The number of carbonyl (C=O) groups excluding carboxylic acids is 1. The monoisotopic (exact) mass is 332 g/mol. The summed E-state index contributed by atoms with van der Waals surface area (Å²) in [6, 6.07) is 3.18. The average Bonchev–Trinajstić information content (AvgIpc) is 2.44. The molecule has 9 heteroatoms. The van der Waals surface area contributed by atoms with Crippen molar-refractivity contribution in [2.24, 2.45) is 4.99 Å². The lowest BCUT2D eigenvalue weighted by molar-refractivity contribution is -0.137. The molecule has 2 aromatic rings. The molecule has 0 atom stereocenters. The second kappa shape index (κ2) is 6.13. The van der Waals surface area contributed by atoms with Crippen LogP contribution in [0.25, 0.3) is 0 Å². The average molecular weight is 333 g/mol. The number of rotatable bonds is 3. The molecular weight excluding hydrogens is 328 g/mol. The molecule has 1 aromatic carbocycles. The zero-order valence-electron chi connectivity index (χ0n) is 10.5. The molecule has 0 aliphatic rings. The van der Waals surface area contributed by atoms with E-state index in [9.17, 15) is 22.4 Å². The van der Waals surface area contributed by atoms with Crippen LogP contribution in [0.3, 0.4) is 0 Å². The topological polar surface area (TPSA) is 51.5 Å². The molecule has 0 aliphatic carbocycles. The van der Waals surface area contributed by atoms with Crippen LogP contribution in [0.15, 0.2) is 35.5 Å². The fraction of sp³-hybridized carbons (Fsp3) is 0.0769. The minimum absolute atomic E-state index is 0.205. The lowest BCUT2D eigenvalue weighted by Crippen LogP contribution is -2.05. The van der Waals surface area contributed by atoms with E-state index in [-0.39, 0.29) is 10.8 Å². The molecule has 0 aliphatic heterocycles. The SMILES string of the molecule is O=C=Nc1cc(Oc2cc(C(F)(F)F)ccn2)c(Cl)cc1F. The molecule has 0 radical (unpaired) electrons. The summed E-state index contributed by atoms with van der Waals surface area (Å²) >= 11 is 5.73. The van der Waals surface area contributed by atoms with Crippen LogP contribution in [0, 0.1) is 5.82 Å². The summed E-state index contributed by atoms with van der Waals surface area (Å²) in [7, 11) is 0. The fourth-order valence-corrected chi connectivity index (χ4v) is 1.67. The molecule has 0 saturated heterocycles. The Morgan fingerprint density at radius 3 is 2.64 bits per heavy atom. The summed E-state index contributed by atoms with van der Waals surface area (Å²) < 4.78 is 56.2. The highest BCUT2D eigenvalue weighted by Crippen LogP contribution is 2.36. The Bertz CT molecular complexity index is 758. The van der Waals surface area contributed by atoms with Crippen LogP contribution < -0.4 is 4.74 Å². The minimum atomic E-state index is -4.57. The molecule has 0 spiro atoms. The summed E-state index contributed by atoms with van der Waals surface area (Å²) in [4.78, 5) is 16.9. The molecule has 4 nitrogen and oxygen atoms in total. The number of aromatic nitrogens is 1. The highest BCUT2D eigenvalue weighted by Gasteiger charge is 2.31. The number of hydrogen-bond donors (Lipinski definition) is 0. The van der Waals surface area contributed by atoms with Gasteiger partial charge in [-0.25, -0.2) is 14.2 Å². The van der Waals surface area contributed by atoms with Gasteiger partial charge in [0.25, 0.3) is 0 Å². The molecule has 0 N–H and O–H groups in total. The zero-order valence-corrected chi connectivity index (χ0v) is 11.2. The van der Waals surface area contributed by atoms with E-state index in [0.29, 0.717) is 6.07 Å². The van der Waals surface area contributed by atoms with E-state index in [1.165, 1.54) is 0 Å². The molecule has 114 valence electrons. The highest BCUT2D eigenvalue weighted by atomic mass is 35.5. The van der Waals surface area contributed by atoms with E-state index < -0.39 is 29.1 Å². The van der Waals surface area contributed by atoms with Gasteiger partial charge in [-0.15, -0.1) is 0 Å². The van der Waals surface area contributed by atoms with E-state index in [1.807, 2.05) is 0 Å². The Morgan fingerprint density at radius 1 is 1.27 bits per heavy atom. The molecule has 1 heterocycles. The molecular formula is C13H5ClF4N2O2. The number of aliphatic imine (C=N–C) groups is 1. The summed E-state index contributed by atoms with van der Waals surface area (Å²) in [6.07, 6.45) is -2.53. The second-order valence-electron chi connectivity index (χ2n) is 3.92. The number of hydrogen-bond acceptors (Lipinski definition) is 4. The summed E-state index contributed by atoms with van der Waals surface area (Å²) in [5.74, 6) is -1.51. The standard InChI is InChI=1S/C13H5ClF4N2O2/c14-8-4-9(15)10(20-6-21)5-11(8)22-12-3-7(1-2-19-12)13(16,17)18/h1-5H. The lowest BCUT2D eigenvalue weighted by Gasteiger charge is -2.10. The Morgan fingerprint density at radius 2 is 2.00 bits per heavy atom. The quantitative estimate of drug-likeness (QED) is 0.467. The molecule has 0 fully saturated rings. The third-order valence-electron chi connectivity index (χ3n) is 2.44. The predicted octanol–water partition coefficient (Wildman–Crippen LogP) is 4.65. The van der Waals surface area contributed by atoms with Crippen molar-refractivity contribution in [1.29, 1.82) is 0 Å². The van der Waals surface area contributed by atoms with Gasteiger partial charge in [0.15, 0.2) is 5.82 Å². The van der Waals surface area contributed by atoms with Gasteiger partial charge in [0.1, 0.15) is 11.4 Å². The maximum absolute atomic E-state index is 13.4. The smallest absolute Gasteiger partial charge is 0.416 e. The molecule has 2 rings (SSSR count). The van der Waals surface area contributed by atoms with Gasteiger partial charge >= 0.3 is 6.18 Å². The van der Waals surface area contributed by atoms with Crippen molar-refractivity contribution in [2.45, 2.75) is 6.18 Å². The number of nitrogens with zero attached hydrogens (tertiary/aromatic N) is 2.